The average Bonchev–Trinajstić information content (AvgIpc) is 2.06. The molecule has 0 atom stereocenters. The zero-order valence-electron chi connectivity index (χ0n) is 7.17. The van der Waals surface area contributed by atoms with Gasteiger partial charge in [0.25, 0.3) is 0 Å². The number of hydrogen-bond donors (Lipinski definition) is 3. The first kappa shape index (κ1) is 11.2. The molecule has 0 amide bonds. The first-order valence-electron chi connectivity index (χ1n) is 3.64. The third-order valence-corrected chi connectivity index (χ3v) is 3.52. The van der Waals surface area contributed by atoms with Crippen LogP contribution in [0.15, 0.2) is 18.2 Å². The Labute approximate surface area is 85.6 Å². The molecule has 0 spiro atoms. The van der Waals surface area contributed by atoms with Crippen LogP contribution in [-0.2, 0) is 14.9 Å². The summed E-state index contributed by atoms with van der Waals surface area (Å²) in [6.45, 7) is 0. The normalized spacial score (nSPS) is 11.5. The van der Waals surface area contributed by atoms with Gasteiger partial charge in [0.1, 0.15) is 0 Å². The lowest BCUT2D eigenvalue weighted by Crippen LogP contribution is -1.96. The van der Waals surface area contributed by atoms with Crippen LogP contribution < -0.4 is 11.5 Å². The summed E-state index contributed by atoms with van der Waals surface area (Å²) in [5.41, 5.74) is 12.5. The van der Waals surface area contributed by atoms with Crippen LogP contribution in [0.5, 0.6) is 0 Å². The molecule has 5 nitrogen and oxygen atoms in total. The predicted octanol–water partition coefficient (Wildman–Crippen LogP) is 0.887. The minimum Gasteiger partial charge on any atom is -0.397 e. The molecule has 0 radical (unpaired) electrons. The van der Waals surface area contributed by atoms with E-state index in [1.165, 1.54) is 0 Å². The van der Waals surface area contributed by atoms with E-state index in [1.807, 2.05) is 0 Å². The van der Waals surface area contributed by atoms with Gasteiger partial charge in [0.15, 0.2) is 0 Å². The van der Waals surface area contributed by atoms with Gasteiger partial charge in [0.05, 0.1) is 11.4 Å². The summed E-state index contributed by atoms with van der Waals surface area (Å²) in [6.07, 6.45) is 0. The van der Waals surface area contributed by atoms with E-state index in [4.69, 9.17) is 16.0 Å². The Kier molecular flexibility index (Phi) is 3.25. The third kappa shape index (κ3) is 3.44. The van der Waals surface area contributed by atoms with Gasteiger partial charge in [-0.2, -0.15) is 8.42 Å². The van der Waals surface area contributed by atoms with Gasteiger partial charge in [-0.05, 0) is 17.7 Å². The largest absolute Gasteiger partial charge is 0.397 e. The molecule has 0 unspecified atom stereocenters. The fourth-order valence-corrected chi connectivity index (χ4v) is 2.18. The van der Waals surface area contributed by atoms with Crippen LogP contribution in [0.2, 0.25) is 0 Å². The highest BCUT2D eigenvalue weighted by Gasteiger charge is 2.06. The number of hydrogen-bond acceptors (Lipinski definition) is 5. The molecule has 0 aliphatic heterocycles. The Hall–Kier alpha value is -0.920. The number of nitrogens with two attached hydrogens (primary N) is 2. The van der Waals surface area contributed by atoms with Crippen molar-refractivity contribution in [2.45, 2.75) is 5.75 Å². The van der Waals surface area contributed by atoms with Crippen molar-refractivity contribution in [2.75, 3.05) is 11.5 Å². The first-order chi connectivity index (χ1) is 6.38. The summed E-state index contributed by atoms with van der Waals surface area (Å²) in [5, 5.41) is 0. The Balaban J connectivity index is 2.74. The fraction of sp³-hybridized carbons (Fsp3) is 0.143. The van der Waals surface area contributed by atoms with E-state index in [2.05, 4.69) is 0 Å². The maximum absolute atomic E-state index is 10.4. The second-order valence-corrected chi connectivity index (χ2v) is 6.00. The van der Waals surface area contributed by atoms with Gasteiger partial charge in [0.2, 0.25) is 0 Å². The van der Waals surface area contributed by atoms with E-state index in [-0.39, 0.29) is 5.75 Å². The van der Waals surface area contributed by atoms with Crippen LogP contribution in [0, 0.1) is 0 Å². The lowest BCUT2D eigenvalue weighted by molar-refractivity contribution is 0.503. The molecule has 0 aromatic heterocycles. The van der Waals surface area contributed by atoms with Gasteiger partial charge in [-0.25, -0.2) is 0 Å². The molecule has 1 rings (SSSR count). The molecule has 7 heteroatoms. The second kappa shape index (κ2) is 4.07. The van der Waals surface area contributed by atoms with Crippen molar-refractivity contribution >= 4 is 31.3 Å². The zero-order valence-corrected chi connectivity index (χ0v) is 8.81. The van der Waals surface area contributed by atoms with Gasteiger partial charge in [0, 0.05) is 16.5 Å². The molecule has 0 fully saturated rings. The summed E-state index contributed by atoms with van der Waals surface area (Å²) in [5.74, 6) is 0.142. The van der Waals surface area contributed by atoms with Gasteiger partial charge >= 0.3 is 9.15 Å². The molecule has 0 saturated heterocycles. The molecule has 0 heterocycles. The van der Waals surface area contributed by atoms with Crippen LogP contribution in [0.4, 0.5) is 11.4 Å². The molecule has 1 aromatic rings. The number of nitrogen functional groups attached to an aromatic ring is 2. The molecule has 78 valence electrons. The Morgan fingerprint density at radius 1 is 1.29 bits per heavy atom. The van der Waals surface area contributed by atoms with Crippen molar-refractivity contribution in [1.82, 2.24) is 0 Å². The number of benzene rings is 1. The SMILES string of the molecule is Nc1ccc(CSS(=O)(=O)O)cc1N. The van der Waals surface area contributed by atoms with Crippen molar-refractivity contribution in [2.24, 2.45) is 0 Å². The van der Waals surface area contributed by atoms with E-state index < -0.39 is 9.15 Å². The molecule has 14 heavy (non-hydrogen) atoms. The Bertz CT molecular complexity index is 431. The zero-order chi connectivity index (χ0) is 10.8. The van der Waals surface area contributed by atoms with Crippen molar-refractivity contribution < 1.29 is 13.0 Å². The molecule has 0 saturated carbocycles. The summed E-state index contributed by atoms with van der Waals surface area (Å²) in [7, 11) is -3.57. The smallest absolute Gasteiger partial charge is 0.320 e. The predicted molar refractivity (Wildman–Crippen MR) is 58.1 cm³/mol. The molecular formula is C7H10N2O3S2. The maximum Gasteiger partial charge on any atom is 0.320 e. The van der Waals surface area contributed by atoms with E-state index in [9.17, 15) is 8.42 Å². The molecule has 1 aromatic carbocycles. The molecule has 0 aliphatic carbocycles. The summed E-state index contributed by atoms with van der Waals surface area (Å²) < 4.78 is 29.3. The van der Waals surface area contributed by atoms with Gasteiger partial charge < -0.3 is 11.5 Å². The first-order valence-corrected chi connectivity index (χ1v) is 6.58. The highest BCUT2D eigenvalue weighted by molar-refractivity contribution is 8.69. The molecule has 0 bridgehead atoms. The van der Waals surface area contributed by atoms with Crippen molar-refractivity contribution in [1.29, 1.82) is 0 Å². The number of rotatable bonds is 3. The Morgan fingerprint density at radius 2 is 1.93 bits per heavy atom. The van der Waals surface area contributed by atoms with E-state index in [0.717, 1.165) is 0 Å². The minimum atomic E-state index is -4.00. The summed E-state index contributed by atoms with van der Waals surface area (Å²) in [4.78, 5) is 0. The molecule has 5 N–H and O–H groups in total. The summed E-state index contributed by atoms with van der Waals surface area (Å²) in [6, 6.07) is 4.83. The second-order valence-electron chi connectivity index (χ2n) is 2.65. The molecule has 0 aliphatic rings. The topological polar surface area (TPSA) is 106 Å². The highest BCUT2D eigenvalue weighted by atomic mass is 33.1. The van der Waals surface area contributed by atoms with Crippen molar-refractivity contribution in [3.05, 3.63) is 23.8 Å². The summed E-state index contributed by atoms with van der Waals surface area (Å²) >= 11 is 0. The maximum atomic E-state index is 10.4. The van der Waals surface area contributed by atoms with Crippen LogP contribution in [-0.4, -0.2) is 13.0 Å². The highest BCUT2D eigenvalue weighted by Crippen LogP contribution is 2.22. The lowest BCUT2D eigenvalue weighted by Gasteiger charge is -2.03. The van der Waals surface area contributed by atoms with Crippen molar-refractivity contribution in [3.63, 3.8) is 0 Å². The van der Waals surface area contributed by atoms with Crippen LogP contribution >= 0.6 is 10.8 Å². The van der Waals surface area contributed by atoms with Crippen LogP contribution in [0.3, 0.4) is 0 Å². The van der Waals surface area contributed by atoms with Crippen LogP contribution in [0.25, 0.3) is 0 Å². The van der Waals surface area contributed by atoms with E-state index in [1.54, 1.807) is 18.2 Å². The average molecular weight is 234 g/mol. The molecular weight excluding hydrogens is 224 g/mol. The van der Waals surface area contributed by atoms with Gasteiger partial charge in [-0.1, -0.05) is 6.07 Å². The van der Waals surface area contributed by atoms with Crippen molar-refractivity contribution in [3.8, 4) is 0 Å². The monoisotopic (exact) mass is 234 g/mol. The standard InChI is InChI=1S/C7H10N2O3S2/c8-6-2-1-5(3-7(6)9)4-13-14(10,11)12/h1-3H,4,8-9H2,(H,10,11,12). The number of anilines is 2. The fourth-order valence-electron chi connectivity index (χ4n) is 0.857. The van der Waals surface area contributed by atoms with Crippen LogP contribution in [0.1, 0.15) is 5.56 Å². The third-order valence-electron chi connectivity index (χ3n) is 1.53. The van der Waals surface area contributed by atoms with Gasteiger partial charge in [-0.3, -0.25) is 4.55 Å². The Morgan fingerprint density at radius 3 is 2.43 bits per heavy atom. The van der Waals surface area contributed by atoms with E-state index >= 15 is 0 Å². The van der Waals surface area contributed by atoms with E-state index in [0.29, 0.717) is 27.7 Å². The quantitative estimate of drug-likeness (QED) is 0.407. The lowest BCUT2D eigenvalue weighted by atomic mass is 10.2. The minimum absolute atomic E-state index is 0.142. The van der Waals surface area contributed by atoms with Gasteiger partial charge in [-0.15, -0.1) is 0 Å².